The molecular formula is C3H5IO2S. The van der Waals surface area contributed by atoms with Crippen molar-refractivity contribution in [2.45, 2.75) is 6.92 Å². The number of carbonyl (C=O) groups is 1. The predicted molar refractivity (Wildman–Crippen MR) is 38.2 cm³/mol. The summed E-state index contributed by atoms with van der Waals surface area (Å²) in [6.07, 6.45) is 0. The Labute approximate surface area is 58.8 Å². The Hall–Kier alpha value is 0.710. The minimum Gasteiger partial charge on any atom is -0.297 e. The number of rotatable bonds is 3. The van der Waals surface area contributed by atoms with E-state index in [0.29, 0.717) is 0 Å². The topological polar surface area (TPSA) is 26.3 Å². The van der Waals surface area contributed by atoms with Gasteiger partial charge in [-0.05, 0) is 6.92 Å². The van der Waals surface area contributed by atoms with Gasteiger partial charge in [0.05, 0.1) is 9.21 Å². The van der Waals surface area contributed by atoms with Gasteiger partial charge >= 0.3 is 0 Å². The molecule has 0 aromatic heterocycles. The summed E-state index contributed by atoms with van der Waals surface area (Å²) in [4.78, 5) is 10.1. The first kappa shape index (κ1) is 7.71. The van der Waals surface area contributed by atoms with Gasteiger partial charge in [0.2, 0.25) is 0 Å². The Bertz CT molecular complexity index is 66.0. The second-order valence-corrected chi connectivity index (χ2v) is 2.47. The van der Waals surface area contributed by atoms with Crippen LogP contribution in [0.25, 0.3) is 0 Å². The molecule has 0 aliphatic carbocycles. The fraction of sp³-hybridized carbons (Fsp3) is 0.667. The van der Waals surface area contributed by atoms with Gasteiger partial charge in [-0.2, -0.15) is 0 Å². The minimum atomic E-state index is 0.0594. The van der Waals surface area contributed by atoms with Crippen molar-refractivity contribution in [2.75, 3.05) is 6.61 Å². The van der Waals surface area contributed by atoms with Crippen LogP contribution in [0.15, 0.2) is 0 Å². The van der Waals surface area contributed by atoms with Crippen LogP contribution in [0.2, 0.25) is 0 Å². The number of hydrogen-bond acceptors (Lipinski definition) is 3. The zero-order valence-electron chi connectivity index (χ0n) is 3.81. The highest BCUT2D eigenvalue weighted by Gasteiger charge is 1.88. The average molecular weight is 232 g/mol. The number of Topliss-reactive ketones (excluding diaryl/α,β-unsaturated/α-hetero) is 1. The molecule has 0 atom stereocenters. The summed E-state index contributed by atoms with van der Waals surface area (Å²) < 4.78 is 4.65. The molecule has 2 nitrogen and oxygen atoms in total. The van der Waals surface area contributed by atoms with Crippen LogP contribution in [0.3, 0.4) is 0 Å². The van der Waals surface area contributed by atoms with E-state index >= 15 is 0 Å². The molecule has 0 heterocycles. The van der Waals surface area contributed by atoms with Crippen LogP contribution in [0.4, 0.5) is 0 Å². The first-order chi connectivity index (χ1) is 3.27. The third kappa shape index (κ3) is 6.71. The Balaban J connectivity index is 2.82. The zero-order valence-corrected chi connectivity index (χ0v) is 6.78. The van der Waals surface area contributed by atoms with Gasteiger partial charge in [0.25, 0.3) is 0 Å². The molecule has 0 aliphatic rings. The first-order valence-corrected chi connectivity index (χ1v) is 4.95. The number of hydrogen-bond donors (Lipinski definition) is 0. The van der Waals surface area contributed by atoms with Crippen LogP contribution in [-0.2, 0) is 8.98 Å². The van der Waals surface area contributed by atoms with Gasteiger partial charge in [0.15, 0.2) is 5.78 Å². The van der Waals surface area contributed by atoms with Crippen molar-refractivity contribution in [3.63, 3.8) is 0 Å². The Kier molecular flexibility index (Phi) is 5.35. The molecular weight excluding hydrogens is 227 g/mol. The standard InChI is InChI=1S/C3H5IO2S/c1-3(5)2-6-7-4/h2H2,1H3. The van der Waals surface area contributed by atoms with Crippen molar-refractivity contribution < 1.29 is 8.98 Å². The molecule has 0 bridgehead atoms. The summed E-state index contributed by atoms with van der Waals surface area (Å²) in [6, 6.07) is 0. The van der Waals surface area contributed by atoms with Crippen molar-refractivity contribution >= 4 is 36.2 Å². The Morgan fingerprint density at radius 3 is 2.71 bits per heavy atom. The van der Waals surface area contributed by atoms with Crippen LogP contribution < -0.4 is 0 Å². The molecule has 42 valence electrons. The van der Waals surface area contributed by atoms with E-state index in [-0.39, 0.29) is 12.4 Å². The van der Waals surface area contributed by atoms with Gasteiger partial charge in [-0.1, -0.05) is 0 Å². The van der Waals surface area contributed by atoms with Crippen molar-refractivity contribution in [1.29, 1.82) is 0 Å². The van der Waals surface area contributed by atoms with Crippen molar-refractivity contribution in [2.24, 2.45) is 0 Å². The zero-order chi connectivity index (χ0) is 5.70. The molecule has 0 radical (unpaired) electrons. The van der Waals surface area contributed by atoms with E-state index in [2.05, 4.69) is 4.18 Å². The van der Waals surface area contributed by atoms with Gasteiger partial charge in [0, 0.05) is 21.2 Å². The lowest BCUT2D eigenvalue weighted by Crippen LogP contribution is -1.96. The maximum atomic E-state index is 10.1. The molecule has 4 heteroatoms. The second-order valence-electron chi connectivity index (χ2n) is 1.03. The lowest BCUT2D eigenvalue weighted by Gasteiger charge is -1.87. The Morgan fingerprint density at radius 2 is 2.57 bits per heavy atom. The monoisotopic (exact) mass is 232 g/mol. The summed E-state index contributed by atoms with van der Waals surface area (Å²) in [5.74, 6) is 0.0594. The maximum absolute atomic E-state index is 10.1. The van der Waals surface area contributed by atoms with E-state index in [4.69, 9.17) is 0 Å². The molecule has 0 N–H and O–H groups in total. The highest BCUT2D eigenvalue weighted by atomic mass is 127. The van der Waals surface area contributed by atoms with E-state index in [9.17, 15) is 4.79 Å². The average Bonchev–Trinajstić information content (AvgIpc) is 1.61. The summed E-state index contributed by atoms with van der Waals surface area (Å²) in [5, 5.41) is 0. The van der Waals surface area contributed by atoms with Crippen LogP contribution in [0.5, 0.6) is 0 Å². The fourth-order valence-corrected chi connectivity index (χ4v) is 0.697. The molecule has 0 aromatic rings. The molecule has 0 saturated heterocycles. The summed E-state index contributed by atoms with van der Waals surface area (Å²) in [6.45, 7) is 1.71. The van der Waals surface area contributed by atoms with Gasteiger partial charge in [-0.25, -0.2) is 0 Å². The van der Waals surface area contributed by atoms with E-state index in [1.54, 1.807) is 0 Å². The van der Waals surface area contributed by atoms with Gasteiger partial charge in [-0.3, -0.25) is 8.98 Å². The predicted octanol–water partition coefficient (Wildman–Crippen LogP) is 1.59. The molecule has 0 aliphatic heterocycles. The van der Waals surface area contributed by atoms with Crippen LogP contribution in [0, 0.1) is 0 Å². The Morgan fingerprint density at radius 1 is 2.00 bits per heavy atom. The summed E-state index contributed by atoms with van der Waals surface area (Å²) >= 11 is 1.96. The van der Waals surface area contributed by atoms with Gasteiger partial charge < -0.3 is 0 Å². The molecule has 0 saturated carbocycles. The van der Waals surface area contributed by atoms with E-state index in [0.717, 1.165) is 0 Å². The molecule has 0 aromatic carbocycles. The lowest BCUT2D eigenvalue weighted by atomic mass is 10.5. The van der Waals surface area contributed by atoms with E-state index < -0.39 is 0 Å². The SMILES string of the molecule is CC(=O)COSI. The van der Waals surface area contributed by atoms with Crippen molar-refractivity contribution in [3.05, 3.63) is 0 Å². The third-order valence-electron chi connectivity index (χ3n) is 0.307. The van der Waals surface area contributed by atoms with Crippen LogP contribution in [-0.4, -0.2) is 12.4 Å². The van der Waals surface area contributed by atoms with E-state index in [1.165, 1.54) is 16.1 Å². The molecule has 0 amide bonds. The van der Waals surface area contributed by atoms with Crippen molar-refractivity contribution in [3.8, 4) is 0 Å². The second kappa shape index (κ2) is 4.86. The molecule has 0 unspecified atom stereocenters. The number of halogens is 1. The van der Waals surface area contributed by atoms with Crippen LogP contribution in [0.1, 0.15) is 6.92 Å². The molecule has 7 heavy (non-hydrogen) atoms. The molecule has 0 rings (SSSR count). The summed E-state index contributed by atoms with van der Waals surface area (Å²) in [5.41, 5.74) is 0. The molecule has 0 spiro atoms. The highest BCUT2D eigenvalue weighted by Crippen LogP contribution is 2.10. The van der Waals surface area contributed by atoms with Gasteiger partial charge in [-0.15, -0.1) is 0 Å². The minimum absolute atomic E-state index is 0.0594. The number of ketones is 1. The van der Waals surface area contributed by atoms with Crippen molar-refractivity contribution in [1.82, 2.24) is 0 Å². The summed E-state index contributed by atoms with van der Waals surface area (Å²) in [7, 11) is 1.18. The molecule has 0 fully saturated rings. The normalized spacial score (nSPS) is 8.86. The maximum Gasteiger partial charge on any atom is 0.156 e. The largest absolute Gasteiger partial charge is 0.297 e. The highest BCUT2D eigenvalue weighted by molar-refractivity contribution is 14.2. The third-order valence-corrected chi connectivity index (χ3v) is 1.28. The first-order valence-electron chi connectivity index (χ1n) is 1.67. The van der Waals surface area contributed by atoms with Crippen LogP contribution >= 0.6 is 30.4 Å². The van der Waals surface area contributed by atoms with Gasteiger partial charge in [0.1, 0.15) is 6.61 Å². The quantitative estimate of drug-likeness (QED) is 0.546. The fourth-order valence-electron chi connectivity index (χ4n) is 0.105. The smallest absolute Gasteiger partial charge is 0.156 e. The lowest BCUT2D eigenvalue weighted by molar-refractivity contribution is -0.118. The number of carbonyl (C=O) groups excluding carboxylic acids is 1. The van der Waals surface area contributed by atoms with E-state index in [1.807, 2.05) is 21.2 Å².